The third-order valence-corrected chi connectivity index (χ3v) is 3.59. The molecule has 0 heterocycles. The van der Waals surface area contributed by atoms with Crippen LogP contribution in [0.25, 0.3) is 0 Å². The van der Waals surface area contributed by atoms with E-state index in [2.05, 4.69) is 31.9 Å². The highest BCUT2D eigenvalue weighted by Gasteiger charge is 2.15. The van der Waals surface area contributed by atoms with Gasteiger partial charge < -0.3 is 4.74 Å². The first kappa shape index (κ1) is 15.9. The molecule has 1 aromatic carbocycles. The van der Waals surface area contributed by atoms with E-state index in [-0.39, 0.29) is 5.78 Å². The minimum Gasteiger partial charge on any atom is -0.383 e. The van der Waals surface area contributed by atoms with Gasteiger partial charge in [0.05, 0.1) is 6.61 Å². The lowest BCUT2D eigenvalue weighted by atomic mass is 9.91. The third kappa shape index (κ3) is 3.88. The van der Waals surface area contributed by atoms with E-state index in [9.17, 15) is 4.79 Å². The van der Waals surface area contributed by atoms with Crippen molar-refractivity contribution in [3.05, 3.63) is 33.9 Å². The fourth-order valence-corrected chi connectivity index (χ4v) is 2.61. The zero-order chi connectivity index (χ0) is 14.6. The lowest BCUT2D eigenvalue weighted by Gasteiger charge is -2.21. The van der Waals surface area contributed by atoms with E-state index in [1.165, 1.54) is 11.1 Å². The molecule has 1 aromatic rings. The maximum atomic E-state index is 11.8. The number of hydrogen-bond donors (Lipinski definition) is 0. The quantitative estimate of drug-likeness (QED) is 0.739. The summed E-state index contributed by atoms with van der Waals surface area (Å²) in [6, 6.07) is 2.11. The molecule has 0 saturated carbocycles. The minimum atomic E-state index is 0.149. The first-order chi connectivity index (χ1) is 8.88. The van der Waals surface area contributed by atoms with Crippen LogP contribution in [0.4, 0.5) is 0 Å². The molecule has 3 heteroatoms. The van der Waals surface area contributed by atoms with Crippen molar-refractivity contribution in [3.63, 3.8) is 0 Å². The number of likely N-dealkylation sites (N-methyl/N-ethyl adjacent to an activating group) is 1. The number of methoxy groups -OCH3 is 1. The number of carbonyl (C=O) groups is 1. The average molecular weight is 263 g/mol. The van der Waals surface area contributed by atoms with E-state index < -0.39 is 0 Å². The molecule has 1 rings (SSSR count). The number of aryl methyl sites for hydroxylation is 2. The van der Waals surface area contributed by atoms with Gasteiger partial charge in [0.2, 0.25) is 0 Å². The van der Waals surface area contributed by atoms with E-state index >= 15 is 0 Å². The highest BCUT2D eigenvalue weighted by molar-refractivity contribution is 5.97. The Morgan fingerprint density at radius 1 is 1.26 bits per heavy atom. The van der Waals surface area contributed by atoms with Crippen molar-refractivity contribution in [2.45, 2.75) is 34.2 Å². The lowest BCUT2D eigenvalue weighted by molar-refractivity contribution is 0.101. The second-order valence-corrected chi connectivity index (χ2v) is 5.28. The molecule has 0 aromatic heterocycles. The highest BCUT2D eigenvalue weighted by atomic mass is 16.5. The van der Waals surface area contributed by atoms with Crippen LogP contribution in [-0.2, 0) is 11.3 Å². The number of ether oxygens (including phenoxy) is 1. The van der Waals surface area contributed by atoms with Gasteiger partial charge in [0, 0.05) is 25.8 Å². The van der Waals surface area contributed by atoms with E-state index in [1.54, 1.807) is 14.0 Å². The van der Waals surface area contributed by atoms with Gasteiger partial charge in [0.25, 0.3) is 0 Å². The number of rotatable bonds is 6. The van der Waals surface area contributed by atoms with E-state index in [4.69, 9.17) is 4.74 Å². The largest absolute Gasteiger partial charge is 0.383 e. The molecule has 0 N–H and O–H groups in total. The molecule has 0 aliphatic carbocycles. The van der Waals surface area contributed by atoms with Gasteiger partial charge in [-0.1, -0.05) is 6.07 Å². The van der Waals surface area contributed by atoms with Crippen molar-refractivity contribution in [1.82, 2.24) is 4.90 Å². The zero-order valence-electron chi connectivity index (χ0n) is 13.0. The summed E-state index contributed by atoms with van der Waals surface area (Å²) in [4.78, 5) is 14.0. The fraction of sp³-hybridized carbons (Fsp3) is 0.562. The van der Waals surface area contributed by atoms with Gasteiger partial charge in [-0.3, -0.25) is 9.69 Å². The topological polar surface area (TPSA) is 29.5 Å². The second kappa shape index (κ2) is 6.83. The van der Waals surface area contributed by atoms with Gasteiger partial charge in [-0.15, -0.1) is 0 Å². The summed E-state index contributed by atoms with van der Waals surface area (Å²) in [5.41, 5.74) is 5.58. The summed E-state index contributed by atoms with van der Waals surface area (Å²) >= 11 is 0. The highest BCUT2D eigenvalue weighted by Crippen LogP contribution is 2.23. The normalized spacial score (nSPS) is 11.1. The van der Waals surface area contributed by atoms with Crippen molar-refractivity contribution in [2.75, 3.05) is 27.3 Å². The molecule has 19 heavy (non-hydrogen) atoms. The van der Waals surface area contributed by atoms with Crippen LogP contribution in [0.2, 0.25) is 0 Å². The lowest BCUT2D eigenvalue weighted by Crippen LogP contribution is -2.23. The van der Waals surface area contributed by atoms with Crippen LogP contribution in [0.5, 0.6) is 0 Å². The Hall–Kier alpha value is -1.19. The summed E-state index contributed by atoms with van der Waals surface area (Å²) in [6.07, 6.45) is 0. The molecule has 0 bridgehead atoms. The number of nitrogens with zero attached hydrogens (tertiary/aromatic N) is 1. The van der Waals surface area contributed by atoms with Crippen LogP contribution in [0.3, 0.4) is 0 Å². The van der Waals surface area contributed by atoms with Crippen LogP contribution in [0.1, 0.15) is 39.5 Å². The van der Waals surface area contributed by atoms with Gasteiger partial charge in [0.15, 0.2) is 5.78 Å². The molecular weight excluding hydrogens is 238 g/mol. The van der Waals surface area contributed by atoms with Crippen LogP contribution >= 0.6 is 0 Å². The molecule has 0 atom stereocenters. The van der Waals surface area contributed by atoms with Crippen LogP contribution in [0, 0.1) is 20.8 Å². The second-order valence-electron chi connectivity index (χ2n) is 5.28. The fourth-order valence-electron chi connectivity index (χ4n) is 2.61. The summed E-state index contributed by atoms with van der Waals surface area (Å²) in [5.74, 6) is 0.149. The third-order valence-electron chi connectivity index (χ3n) is 3.59. The molecule has 0 aliphatic heterocycles. The Labute approximate surface area is 116 Å². The summed E-state index contributed by atoms with van der Waals surface area (Å²) in [6.45, 7) is 10.3. The van der Waals surface area contributed by atoms with Crippen molar-refractivity contribution < 1.29 is 9.53 Å². The Morgan fingerprint density at radius 3 is 2.42 bits per heavy atom. The molecule has 0 radical (unpaired) electrons. The first-order valence-corrected chi connectivity index (χ1v) is 6.66. The maximum Gasteiger partial charge on any atom is 0.160 e. The van der Waals surface area contributed by atoms with Crippen LogP contribution in [-0.4, -0.2) is 38.0 Å². The Bertz CT molecular complexity index is 466. The predicted molar refractivity (Wildman–Crippen MR) is 78.9 cm³/mol. The van der Waals surface area contributed by atoms with Gasteiger partial charge >= 0.3 is 0 Å². The smallest absolute Gasteiger partial charge is 0.160 e. The van der Waals surface area contributed by atoms with Gasteiger partial charge in [-0.05, 0) is 57.0 Å². The van der Waals surface area contributed by atoms with E-state index in [1.807, 2.05) is 6.92 Å². The monoisotopic (exact) mass is 263 g/mol. The van der Waals surface area contributed by atoms with E-state index in [0.717, 1.165) is 36.4 Å². The first-order valence-electron chi connectivity index (χ1n) is 6.66. The Kier molecular flexibility index (Phi) is 5.70. The number of Topliss-reactive ketones (excluding diaryl/α,β-unsaturated/α-hetero) is 1. The number of carbonyl (C=O) groups excluding carboxylic acids is 1. The molecule has 0 spiro atoms. The zero-order valence-corrected chi connectivity index (χ0v) is 13.0. The number of hydrogen-bond acceptors (Lipinski definition) is 3. The number of benzene rings is 1. The van der Waals surface area contributed by atoms with E-state index in [0.29, 0.717) is 0 Å². The molecule has 0 unspecified atom stereocenters. The van der Waals surface area contributed by atoms with Crippen molar-refractivity contribution in [1.29, 1.82) is 0 Å². The molecule has 0 amide bonds. The summed E-state index contributed by atoms with van der Waals surface area (Å²) in [5, 5.41) is 0. The van der Waals surface area contributed by atoms with Crippen molar-refractivity contribution >= 4 is 5.78 Å². The average Bonchev–Trinajstić information content (AvgIpc) is 2.31. The molecular formula is C16H25NO2. The standard InChI is InChI=1S/C16H25NO2/c1-11-9-12(2)16(14(4)18)13(3)15(11)10-17(5)7-8-19-6/h9H,7-8,10H2,1-6H3. The van der Waals surface area contributed by atoms with Crippen LogP contribution in [0.15, 0.2) is 6.07 Å². The molecule has 0 aliphatic rings. The van der Waals surface area contributed by atoms with Crippen molar-refractivity contribution in [3.8, 4) is 0 Å². The molecule has 106 valence electrons. The summed E-state index contributed by atoms with van der Waals surface area (Å²) in [7, 11) is 3.79. The van der Waals surface area contributed by atoms with Gasteiger partial charge in [0.1, 0.15) is 0 Å². The van der Waals surface area contributed by atoms with Gasteiger partial charge in [-0.2, -0.15) is 0 Å². The van der Waals surface area contributed by atoms with Gasteiger partial charge in [-0.25, -0.2) is 0 Å². The SMILES string of the molecule is COCCN(C)Cc1c(C)cc(C)c(C(C)=O)c1C. The predicted octanol–water partition coefficient (Wildman–Crippen LogP) is 2.89. The minimum absolute atomic E-state index is 0.149. The summed E-state index contributed by atoms with van der Waals surface area (Å²) < 4.78 is 5.10. The Morgan fingerprint density at radius 2 is 1.89 bits per heavy atom. The molecule has 0 fully saturated rings. The molecule has 3 nitrogen and oxygen atoms in total. The molecule has 0 saturated heterocycles. The van der Waals surface area contributed by atoms with Crippen molar-refractivity contribution in [2.24, 2.45) is 0 Å². The number of ketones is 1. The Balaban J connectivity index is 3.07. The maximum absolute atomic E-state index is 11.8. The van der Waals surface area contributed by atoms with Crippen LogP contribution < -0.4 is 0 Å².